The monoisotopic (exact) mass is 250 g/mol. The normalized spacial score (nSPS) is 8.22. The molecule has 0 bridgehead atoms. The Hall–Kier alpha value is -2.54. The predicted molar refractivity (Wildman–Crippen MR) is 61.2 cm³/mol. The van der Waals surface area contributed by atoms with Crippen molar-refractivity contribution in [3.05, 3.63) is 18.7 Å². The average Bonchev–Trinajstić information content (AvgIpc) is 2.74. The third kappa shape index (κ3) is 7.71. The maximum Gasteiger partial charge on any atom is 0.348 e. The van der Waals surface area contributed by atoms with Crippen molar-refractivity contribution in [2.45, 2.75) is 19.9 Å². The lowest BCUT2D eigenvalue weighted by Gasteiger charge is -1.99. The molecule has 0 aliphatic carbocycles. The zero-order chi connectivity index (χ0) is 13.8. The van der Waals surface area contributed by atoms with Crippen LogP contribution < -0.4 is 9.88 Å². The highest BCUT2D eigenvalue weighted by atomic mass is 16.5. The molecular formula is C11H16N5O2+. The first-order chi connectivity index (χ1) is 8.63. The number of hydrogen-bond acceptors (Lipinski definition) is 5. The summed E-state index contributed by atoms with van der Waals surface area (Å²) in [6.07, 6.45) is 9.24. The van der Waals surface area contributed by atoms with Gasteiger partial charge in [-0.15, -0.1) is 0 Å². The second-order valence-corrected chi connectivity index (χ2v) is 3.32. The lowest BCUT2D eigenvalue weighted by Crippen LogP contribution is -2.24. The van der Waals surface area contributed by atoms with E-state index in [2.05, 4.69) is 0 Å². The molecule has 0 atom stereocenters. The minimum atomic E-state index is -0.182. The van der Waals surface area contributed by atoms with Gasteiger partial charge < -0.3 is 4.74 Å². The number of aryl methyl sites for hydroxylation is 1. The van der Waals surface area contributed by atoms with Crippen molar-refractivity contribution in [1.29, 1.82) is 10.5 Å². The molecule has 0 unspecified atom stereocenters. The second-order valence-electron chi connectivity index (χ2n) is 3.32. The van der Waals surface area contributed by atoms with Crippen LogP contribution in [-0.2, 0) is 23.1 Å². The maximum absolute atomic E-state index is 11.1. The molecule has 0 saturated heterocycles. The first-order valence-electron chi connectivity index (χ1n) is 5.33. The van der Waals surface area contributed by atoms with Crippen molar-refractivity contribution in [1.82, 2.24) is 9.88 Å². The van der Waals surface area contributed by atoms with Gasteiger partial charge in [0.25, 0.3) is 0 Å². The molecule has 96 valence electrons. The summed E-state index contributed by atoms with van der Waals surface area (Å²) in [6.45, 7) is 2.77. The summed E-state index contributed by atoms with van der Waals surface area (Å²) in [5.74, 6) is -0.182. The van der Waals surface area contributed by atoms with Crippen LogP contribution in [0.5, 0.6) is 0 Å². The van der Waals surface area contributed by atoms with Gasteiger partial charge >= 0.3 is 5.97 Å². The van der Waals surface area contributed by atoms with Crippen molar-refractivity contribution in [2.24, 2.45) is 7.05 Å². The highest BCUT2D eigenvalue weighted by molar-refractivity contribution is 5.69. The maximum atomic E-state index is 11.1. The smallest absolute Gasteiger partial charge is 0.348 e. The Morgan fingerprint density at radius 3 is 2.56 bits per heavy atom. The van der Waals surface area contributed by atoms with Crippen LogP contribution in [0.1, 0.15) is 13.3 Å². The predicted octanol–water partition coefficient (Wildman–Crippen LogP) is -0.196. The van der Waals surface area contributed by atoms with E-state index in [1.54, 1.807) is 9.88 Å². The van der Waals surface area contributed by atoms with Crippen molar-refractivity contribution < 1.29 is 14.1 Å². The number of imidazole rings is 1. The Labute approximate surface area is 106 Å². The first kappa shape index (κ1) is 15.5. The molecule has 1 heterocycles. The Morgan fingerprint density at radius 1 is 1.50 bits per heavy atom. The van der Waals surface area contributed by atoms with Gasteiger partial charge in [-0.25, -0.2) is 19.2 Å². The second kappa shape index (κ2) is 9.67. The largest absolute Gasteiger partial charge is 0.463 e. The Morgan fingerprint density at radius 2 is 2.17 bits per heavy atom. The molecule has 0 aliphatic rings. The molecule has 0 radical (unpaired) electrons. The number of nitriles is 2. The molecule has 0 aromatic carbocycles. The molecule has 0 aliphatic heterocycles. The summed E-state index contributed by atoms with van der Waals surface area (Å²) in [5, 5.41) is 16.7. The fraction of sp³-hybridized carbons (Fsp3) is 0.455. The Balaban J connectivity index is 0.000000494. The lowest BCUT2D eigenvalue weighted by atomic mass is 10.5. The number of carbonyl (C=O) groups is 1. The number of aromatic nitrogens is 2. The Kier molecular flexibility index (Phi) is 8.30. The van der Waals surface area contributed by atoms with Gasteiger partial charge in [0.05, 0.1) is 13.7 Å². The van der Waals surface area contributed by atoms with E-state index in [0.29, 0.717) is 13.2 Å². The van der Waals surface area contributed by atoms with Crippen molar-refractivity contribution >= 4 is 5.97 Å². The van der Waals surface area contributed by atoms with Gasteiger partial charge in [0.1, 0.15) is 12.4 Å². The van der Waals surface area contributed by atoms with Crippen molar-refractivity contribution in [3.63, 3.8) is 0 Å². The molecule has 0 fully saturated rings. The van der Waals surface area contributed by atoms with E-state index >= 15 is 0 Å². The SMILES string of the molecule is CCCOC(=O)Cn1cc[n+](C)c1.N#CNC#N. The summed E-state index contributed by atoms with van der Waals surface area (Å²) in [5.41, 5.74) is 0. The van der Waals surface area contributed by atoms with Gasteiger partial charge in [0, 0.05) is 0 Å². The molecule has 1 rings (SSSR count). The van der Waals surface area contributed by atoms with Crippen LogP contribution in [0.4, 0.5) is 0 Å². The van der Waals surface area contributed by atoms with E-state index in [1.165, 1.54) is 12.4 Å². The first-order valence-corrected chi connectivity index (χ1v) is 5.33. The average molecular weight is 250 g/mol. The summed E-state index contributed by atoms with van der Waals surface area (Å²) < 4.78 is 8.61. The van der Waals surface area contributed by atoms with Crippen LogP contribution in [0.25, 0.3) is 0 Å². The van der Waals surface area contributed by atoms with Crippen LogP contribution >= 0.6 is 0 Å². The molecule has 18 heavy (non-hydrogen) atoms. The summed E-state index contributed by atoms with van der Waals surface area (Å²) >= 11 is 0. The molecule has 1 N–H and O–H groups in total. The Bertz CT molecular complexity index is 429. The molecule has 0 amide bonds. The molecule has 1 aromatic rings. The van der Waals surface area contributed by atoms with E-state index in [4.69, 9.17) is 15.3 Å². The summed E-state index contributed by atoms with van der Waals surface area (Å²) in [7, 11) is 1.91. The zero-order valence-corrected chi connectivity index (χ0v) is 10.5. The number of hydrogen-bond donors (Lipinski definition) is 1. The van der Waals surface area contributed by atoms with Gasteiger partial charge in [0.15, 0.2) is 18.9 Å². The molecule has 1 aromatic heterocycles. The molecule has 0 saturated carbocycles. The van der Waals surface area contributed by atoms with E-state index in [9.17, 15) is 4.79 Å². The van der Waals surface area contributed by atoms with Gasteiger partial charge in [-0.3, -0.25) is 0 Å². The van der Waals surface area contributed by atoms with Crippen LogP contribution in [0.2, 0.25) is 0 Å². The minimum Gasteiger partial charge on any atom is -0.463 e. The number of rotatable bonds is 4. The van der Waals surface area contributed by atoms with E-state index in [1.807, 2.05) is 37.3 Å². The van der Waals surface area contributed by atoms with Crippen LogP contribution in [0.3, 0.4) is 0 Å². The fourth-order valence-corrected chi connectivity index (χ4v) is 1.03. The van der Waals surface area contributed by atoms with Gasteiger partial charge in [-0.2, -0.15) is 10.5 Å². The third-order valence-corrected chi connectivity index (χ3v) is 1.71. The quantitative estimate of drug-likeness (QED) is 0.346. The van der Waals surface area contributed by atoms with Crippen LogP contribution in [-0.4, -0.2) is 17.1 Å². The number of carbonyl (C=O) groups excluding carboxylic acids is 1. The number of nitrogens with one attached hydrogen (secondary N) is 1. The highest BCUT2D eigenvalue weighted by Gasteiger charge is 2.07. The van der Waals surface area contributed by atoms with E-state index in [-0.39, 0.29) is 5.97 Å². The molecule has 7 nitrogen and oxygen atoms in total. The standard InChI is InChI=1S/C9H15N2O2.C2HN3/c1-3-6-13-9(12)7-11-5-4-10(2)8-11;3-1-5-2-4/h4-5,8H,3,6-7H2,1-2H3;5H/q+1;. The van der Waals surface area contributed by atoms with Crippen molar-refractivity contribution in [3.8, 4) is 12.4 Å². The van der Waals surface area contributed by atoms with E-state index < -0.39 is 0 Å². The summed E-state index contributed by atoms with van der Waals surface area (Å²) in [4.78, 5) is 11.1. The van der Waals surface area contributed by atoms with Crippen molar-refractivity contribution in [2.75, 3.05) is 6.61 Å². The van der Waals surface area contributed by atoms with Gasteiger partial charge in [0.2, 0.25) is 6.33 Å². The molecule has 0 spiro atoms. The topological polar surface area (TPSA) is 94.7 Å². The fourth-order valence-electron chi connectivity index (χ4n) is 1.03. The van der Waals surface area contributed by atoms with Gasteiger partial charge in [-0.05, 0) is 6.42 Å². The number of nitrogens with zero attached hydrogens (tertiary/aromatic N) is 4. The number of esters is 1. The molecule has 7 heteroatoms. The summed E-state index contributed by atoms with van der Waals surface area (Å²) in [6, 6.07) is 0. The highest BCUT2D eigenvalue weighted by Crippen LogP contribution is 1.88. The van der Waals surface area contributed by atoms with Crippen LogP contribution in [0, 0.1) is 22.9 Å². The lowest BCUT2D eigenvalue weighted by molar-refractivity contribution is -0.671. The zero-order valence-electron chi connectivity index (χ0n) is 10.5. The minimum absolute atomic E-state index is 0.182. The van der Waals surface area contributed by atoms with E-state index in [0.717, 1.165) is 6.42 Å². The molecular weight excluding hydrogens is 234 g/mol. The van der Waals surface area contributed by atoms with Crippen LogP contribution in [0.15, 0.2) is 18.7 Å². The third-order valence-electron chi connectivity index (χ3n) is 1.71. The van der Waals surface area contributed by atoms with Gasteiger partial charge in [-0.1, -0.05) is 6.92 Å². The number of ether oxygens (including phenoxy) is 1.